The fraction of sp³-hybridized carbons (Fsp3) is 0.667. The van der Waals surface area contributed by atoms with Gasteiger partial charge in [-0.15, -0.1) is 0 Å². The Labute approximate surface area is 123 Å². The van der Waals surface area contributed by atoms with E-state index >= 15 is 0 Å². The van der Waals surface area contributed by atoms with E-state index in [1.165, 1.54) is 49.8 Å². The third-order valence-corrected chi connectivity index (χ3v) is 5.56. The zero-order valence-corrected chi connectivity index (χ0v) is 12.9. The lowest BCUT2D eigenvalue weighted by molar-refractivity contribution is -0.00383. The van der Waals surface area contributed by atoms with Crippen molar-refractivity contribution in [2.24, 2.45) is 11.7 Å². The summed E-state index contributed by atoms with van der Waals surface area (Å²) in [6.07, 6.45) is 6.38. The van der Waals surface area contributed by atoms with Crippen LogP contribution in [-0.4, -0.2) is 24.0 Å². The molecule has 1 aromatic rings. The highest BCUT2D eigenvalue weighted by molar-refractivity contribution is 5.37. The summed E-state index contributed by atoms with van der Waals surface area (Å²) in [5.74, 6) is 0.795. The molecule has 1 fully saturated rings. The van der Waals surface area contributed by atoms with E-state index in [1.807, 2.05) is 0 Å². The van der Waals surface area contributed by atoms with Crippen LogP contribution in [0.25, 0.3) is 0 Å². The standard InChI is InChI=1S/C18H28N2/c1-14-9-10-15(2)20(12-14)18(13-19)11-5-7-16-6-3-4-8-17(16)18/h3-4,6,8,14-15H,5,7,9-13,19H2,1-2H3. The second-order valence-electron chi connectivity index (χ2n) is 6.93. The first kappa shape index (κ1) is 14.1. The van der Waals surface area contributed by atoms with E-state index in [0.29, 0.717) is 6.04 Å². The molecular weight excluding hydrogens is 244 g/mol. The average Bonchev–Trinajstić information content (AvgIpc) is 2.49. The molecule has 0 radical (unpaired) electrons. The Morgan fingerprint density at radius 2 is 2.05 bits per heavy atom. The van der Waals surface area contributed by atoms with Crippen LogP contribution in [0.3, 0.4) is 0 Å². The fourth-order valence-corrected chi connectivity index (χ4v) is 4.41. The minimum Gasteiger partial charge on any atom is -0.328 e. The summed E-state index contributed by atoms with van der Waals surface area (Å²) >= 11 is 0. The number of nitrogens with zero attached hydrogens (tertiary/aromatic N) is 1. The molecule has 0 bridgehead atoms. The van der Waals surface area contributed by atoms with Gasteiger partial charge in [0.1, 0.15) is 0 Å². The molecule has 3 unspecified atom stereocenters. The molecule has 20 heavy (non-hydrogen) atoms. The molecule has 2 N–H and O–H groups in total. The van der Waals surface area contributed by atoms with Crippen molar-refractivity contribution in [3.05, 3.63) is 35.4 Å². The maximum atomic E-state index is 6.35. The second-order valence-corrected chi connectivity index (χ2v) is 6.93. The van der Waals surface area contributed by atoms with Crippen molar-refractivity contribution in [2.45, 2.75) is 57.5 Å². The van der Waals surface area contributed by atoms with Gasteiger partial charge in [0.05, 0.1) is 5.54 Å². The first-order valence-electron chi connectivity index (χ1n) is 8.22. The summed E-state index contributed by atoms with van der Waals surface area (Å²) in [7, 11) is 0. The number of rotatable bonds is 2. The predicted molar refractivity (Wildman–Crippen MR) is 84.7 cm³/mol. The molecule has 1 aliphatic carbocycles. The molecule has 2 nitrogen and oxygen atoms in total. The summed E-state index contributed by atoms with van der Waals surface area (Å²) in [5, 5.41) is 0. The molecule has 2 aliphatic rings. The van der Waals surface area contributed by atoms with Gasteiger partial charge in [0, 0.05) is 19.1 Å². The number of likely N-dealkylation sites (tertiary alicyclic amines) is 1. The van der Waals surface area contributed by atoms with E-state index in [1.54, 1.807) is 0 Å². The van der Waals surface area contributed by atoms with Crippen molar-refractivity contribution in [3.8, 4) is 0 Å². The van der Waals surface area contributed by atoms with E-state index in [2.05, 4.69) is 43.0 Å². The molecular formula is C18H28N2. The maximum absolute atomic E-state index is 6.35. The lowest BCUT2D eigenvalue weighted by Gasteiger charge is -2.52. The van der Waals surface area contributed by atoms with Crippen molar-refractivity contribution in [2.75, 3.05) is 13.1 Å². The second kappa shape index (κ2) is 5.50. The van der Waals surface area contributed by atoms with Crippen molar-refractivity contribution in [1.82, 2.24) is 4.90 Å². The summed E-state index contributed by atoms with van der Waals surface area (Å²) in [6.45, 7) is 6.73. The van der Waals surface area contributed by atoms with Crippen LogP contribution >= 0.6 is 0 Å². The van der Waals surface area contributed by atoms with E-state index in [-0.39, 0.29) is 5.54 Å². The number of aryl methyl sites for hydroxylation is 1. The normalized spacial score (nSPS) is 34.8. The van der Waals surface area contributed by atoms with Gasteiger partial charge in [0.25, 0.3) is 0 Å². The van der Waals surface area contributed by atoms with Gasteiger partial charge in [-0.25, -0.2) is 0 Å². The monoisotopic (exact) mass is 272 g/mol. The van der Waals surface area contributed by atoms with Crippen LogP contribution in [0.2, 0.25) is 0 Å². The van der Waals surface area contributed by atoms with Crippen LogP contribution in [0.15, 0.2) is 24.3 Å². The van der Waals surface area contributed by atoms with Gasteiger partial charge >= 0.3 is 0 Å². The van der Waals surface area contributed by atoms with Gasteiger partial charge in [-0.1, -0.05) is 31.2 Å². The van der Waals surface area contributed by atoms with Crippen LogP contribution < -0.4 is 5.73 Å². The SMILES string of the molecule is CC1CCC(C)N(C2(CN)CCCc3ccccc32)C1. The summed E-state index contributed by atoms with van der Waals surface area (Å²) in [4.78, 5) is 2.74. The Hall–Kier alpha value is -0.860. The van der Waals surface area contributed by atoms with Gasteiger partial charge in [-0.2, -0.15) is 0 Å². The average molecular weight is 272 g/mol. The first-order valence-corrected chi connectivity index (χ1v) is 8.22. The van der Waals surface area contributed by atoms with Crippen molar-refractivity contribution in [3.63, 3.8) is 0 Å². The Bertz CT molecular complexity index is 470. The molecule has 3 atom stereocenters. The molecule has 0 aromatic heterocycles. The highest BCUT2D eigenvalue weighted by Gasteiger charge is 2.44. The minimum atomic E-state index is 0.0862. The first-order chi connectivity index (χ1) is 9.67. The Balaban J connectivity index is 2.03. The Morgan fingerprint density at radius 1 is 1.25 bits per heavy atom. The lowest BCUT2D eigenvalue weighted by atomic mass is 9.73. The maximum Gasteiger partial charge on any atom is 0.0588 e. The number of hydrogen-bond acceptors (Lipinski definition) is 2. The zero-order chi connectivity index (χ0) is 14.2. The molecule has 1 heterocycles. The van der Waals surface area contributed by atoms with Crippen LogP contribution in [0.4, 0.5) is 0 Å². The van der Waals surface area contributed by atoms with Gasteiger partial charge in [-0.3, -0.25) is 4.90 Å². The molecule has 0 spiro atoms. The van der Waals surface area contributed by atoms with Crippen LogP contribution in [0.1, 0.15) is 50.7 Å². The molecule has 1 aliphatic heterocycles. The summed E-state index contributed by atoms with van der Waals surface area (Å²) < 4.78 is 0. The van der Waals surface area contributed by atoms with E-state index in [4.69, 9.17) is 5.73 Å². The number of nitrogens with two attached hydrogens (primary N) is 1. The number of piperidine rings is 1. The smallest absolute Gasteiger partial charge is 0.0588 e. The number of hydrogen-bond donors (Lipinski definition) is 1. The van der Waals surface area contributed by atoms with E-state index in [0.717, 1.165) is 12.5 Å². The molecule has 110 valence electrons. The Morgan fingerprint density at radius 3 is 2.85 bits per heavy atom. The van der Waals surface area contributed by atoms with Crippen molar-refractivity contribution >= 4 is 0 Å². The summed E-state index contributed by atoms with van der Waals surface area (Å²) in [6, 6.07) is 9.64. The Kier molecular flexibility index (Phi) is 3.87. The third-order valence-electron chi connectivity index (χ3n) is 5.56. The quantitative estimate of drug-likeness (QED) is 0.895. The minimum absolute atomic E-state index is 0.0862. The van der Waals surface area contributed by atoms with Gasteiger partial charge in [0.15, 0.2) is 0 Å². The van der Waals surface area contributed by atoms with Crippen LogP contribution in [-0.2, 0) is 12.0 Å². The highest BCUT2D eigenvalue weighted by Crippen LogP contribution is 2.43. The van der Waals surface area contributed by atoms with Gasteiger partial charge < -0.3 is 5.73 Å². The van der Waals surface area contributed by atoms with Crippen molar-refractivity contribution in [1.29, 1.82) is 0 Å². The topological polar surface area (TPSA) is 29.3 Å². The highest BCUT2D eigenvalue weighted by atomic mass is 15.2. The molecule has 1 aromatic carbocycles. The molecule has 1 saturated heterocycles. The molecule has 2 heteroatoms. The fourth-order valence-electron chi connectivity index (χ4n) is 4.41. The van der Waals surface area contributed by atoms with Crippen molar-refractivity contribution < 1.29 is 0 Å². The third kappa shape index (κ3) is 2.19. The molecule has 0 amide bonds. The van der Waals surface area contributed by atoms with E-state index in [9.17, 15) is 0 Å². The predicted octanol–water partition coefficient (Wildman–Crippen LogP) is 3.30. The number of fused-ring (bicyclic) bond motifs is 1. The number of benzene rings is 1. The largest absolute Gasteiger partial charge is 0.328 e. The van der Waals surface area contributed by atoms with Gasteiger partial charge in [0.2, 0.25) is 0 Å². The van der Waals surface area contributed by atoms with Gasteiger partial charge in [-0.05, 0) is 56.1 Å². The summed E-state index contributed by atoms with van der Waals surface area (Å²) in [5.41, 5.74) is 9.47. The lowest BCUT2D eigenvalue weighted by Crippen LogP contribution is -2.59. The van der Waals surface area contributed by atoms with Crippen LogP contribution in [0, 0.1) is 5.92 Å². The van der Waals surface area contributed by atoms with Crippen LogP contribution in [0.5, 0.6) is 0 Å². The zero-order valence-electron chi connectivity index (χ0n) is 12.9. The molecule has 0 saturated carbocycles. The molecule has 3 rings (SSSR count). The van der Waals surface area contributed by atoms with E-state index < -0.39 is 0 Å².